The number of para-hydroxylation sites is 2. The minimum atomic E-state index is -0.122. The Labute approximate surface area is 156 Å². The zero-order valence-electron chi connectivity index (χ0n) is 14.2. The van der Waals surface area contributed by atoms with Crippen molar-refractivity contribution in [1.29, 1.82) is 0 Å². The van der Waals surface area contributed by atoms with Crippen LogP contribution < -0.4 is 5.32 Å². The number of rotatable bonds is 3. The molecule has 1 saturated heterocycles. The van der Waals surface area contributed by atoms with Crippen molar-refractivity contribution in [3.05, 3.63) is 89.1 Å². The number of aromatic nitrogens is 1. The SMILES string of the molecule is Cc1ccc(/C=C2\SC(=Nc3ccccc3)NC2=O)n1-c1ccccc1. The molecule has 26 heavy (non-hydrogen) atoms. The summed E-state index contributed by atoms with van der Waals surface area (Å²) in [4.78, 5) is 17.5. The van der Waals surface area contributed by atoms with Gasteiger partial charge >= 0.3 is 0 Å². The van der Waals surface area contributed by atoms with E-state index in [-0.39, 0.29) is 5.91 Å². The zero-order chi connectivity index (χ0) is 17.9. The lowest BCUT2D eigenvalue weighted by atomic mass is 10.3. The molecule has 128 valence electrons. The fourth-order valence-corrected chi connectivity index (χ4v) is 3.66. The normalized spacial score (nSPS) is 17.0. The second kappa shape index (κ2) is 7.06. The zero-order valence-corrected chi connectivity index (χ0v) is 15.0. The lowest BCUT2D eigenvalue weighted by Gasteiger charge is -2.09. The van der Waals surface area contributed by atoms with E-state index in [0.717, 1.165) is 22.8 Å². The molecule has 0 bridgehead atoms. The van der Waals surface area contributed by atoms with Crippen LogP contribution in [-0.2, 0) is 4.79 Å². The predicted molar refractivity (Wildman–Crippen MR) is 108 cm³/mol. The van der Waals surface area contributed by atoms with E-state index in [2.05, 4.69) is 40.0 Å². The minimum Gasteiger partial charge on any atom is -0.314 e. The van der Waals surface area contributed by atoms with Crippen molar-refractivity contribution in [2.45, 2.75) is 6.92 Å². The van der Waals surface area contributed by atoms with Crippen LogP contribution in [0.1, 0.15) is 11.4 Å². The van der Waals surface area contributed by atoms with E-state index in [0.29, 0.717) is 10.1 Å². The van der Waals surface area contributed by atoms with Crippen LogP contribution in [0.3, 0.4) is 0 Å². The van der Waals surface area contributed by atoms with Gasteiger partial charge in [0.15, 0.2) is 5.17 Å². The lowest BCUT2D eigenvalue weighted by Crippen LogP contribution is -2.19. The lowest BCUT2D eigenvalue weighted by molar-refractivity contribution is -0.115. The van der Waals surface area contributed by atoms with E-state index in [9.17, 15) is 4.79 Å². The highest BCUT2D eigenvalue weighted by Gasteiger charge is 2.24. The first-order valence-corrected chi connectivity index (χ1v) is 9.11. The Morgan fingerprint density at radius 3 is 2.38 bits per heavy atom. The maximum Gasteiger partial charge on any atom is 0.264 e. The van der Waals surface area contributed by atoms with Crippen molar-refractivity contribution in [3.63, 3.8) is 0 Å². The molecule has 0 saturated carbocycles. The number of benzene rings is 2. The van der Waals surface area contributed by atoms with Gasteiger partial charge in [0.1, 0.15) is 0 Å². The third kappa shape index (κ3) is 3.34. The summed E-state index contributed by atoms with van der Waals surface area (Å²) in [6.45, 7) is 2.05. The number of thioether (sulfide) groups is 1. The highest BCUT2D eigenvalue weighted by Crippen LogP contribution is 2.29. The highest BCUT2D eigenvalue weighted by molar-refractivity contribution is 8.18. The number of hydrogen-bond donors (Lipinski definition) is 1. The van der Waals surface area contributed by atoms with E-state index in [4.69, 9.17) is 0 Å². The number of aliphatic imine (C=N–C) groups is 1. The fourth-order valence-electron chi connectivity index (χ4n) is 2.84. The van der Waals surface area contributed by atoms with Gasteiger partial charge in [-0.15, -0.1) is 0 Å². The summed E-state index contributed by atoms with van der Waals surface area (Å²) in [5.41, 5.74) is 3.97. The van der Waals surface area contributed by atoms with Gasteiger partial charge in [-0.1, -0.05) is 36.4 Å². The van der Waals surface area contributed by atoms with Crippen molar-refractivity contribution in [2.24, 2.45) is 4.99 Å². The van der Waals surface area contributed by atoms with Gasteiger partial charge in [0.25, 0.3) is 5.91 Å². The van der Waals surface area contributed by atoms with Gasteiger partial charge in [0.2, 0.25) is 0 Å². The molecule has 4 nitrogen and oxygen atoms in total. The highest BCUT2D eigenvalue weighted by atomic mass is 32.2. The number of nitrogens with zero attached hydrogens (tertiary/aromatic N) is 2. The van der Waals surface area contributed by atoms with Crippen molar-refractivity contribution in [3.8, 4) is 5.69 Å². The maximum absolute atomic E-state index is 12.3. The van der Waals surface area contributed by atoms with Crippen molar-refractivity contribution >= 4 is 34.6 Å². The van der Waals surface area contributed by atoms with Gasteiger partial charge < -0.3 is 9.88 Å². The Balaban J connectivity index is 1.66. The Kier molecular flexibility index (Phi) is 4.46. The molecule has 0 aliphatic carbocycles. The minimum absolute atomic E-state index is 0.122. The summed E-state index contributed by atoms with van der Waals surface area (Å²) >= 11 is 1.36. The van der Waals surface area contributed by atoms with Crippen molar-refractivity contribution in [2.75, 3.05) is 0 Å². The molecule has 1 aliphatic heterocycles. The van der Waals surface area contributed by atoms with Crippen molar-refractivity contribution in [1.82, 2.24) is 9.88 Å². The molecule has 0 radical (unpaired) electrons. The van der Waals surface area contributed by atoms with Gasteiger partial charge in [-0.25, -0.2) is 4.99 Å². The van der Waals surface area contributed by atoms with Crippen molar-refractivity contribution < 1.29 is 4.79 Å². The van der Waals surface area contributed by atoms with Gasteiger partial charge in [0.05, 0.1) is 10.6 Å². The van der Waals surface area contributed by atoms with E-state index < -0.39 is 0 Å². The maximum atomic E-state index is 12.3. The molecular formula is C21H17N3OS. The molecule has 4 rings (SSSR count). The van der Waals surface area contributed by atoms with Crippen LogP contribution in [-0.4, -0.2) is 15.6 Å². The molecule has 5 heteroatoms. The molecule has 1 fully saturated rings. The smallest absolute Gasteiger partial charge is 0.264 e. The standard InChI is InChI=1S/C21H17N3OS/c1-15-12-13-18(24(15)17-10-6-3-7-11-17)14-19-20(25)23-21(26-19)22-16-8-4-2-5-9-16/h2-14H,1H3,(H,22,23,25)/b19-14-. The first-order valence-electron chi connectivity index (χ1n) is 8.29. The average Bonchev–Trinajstić information content (AvgIpc) is 3.19. The van der Waals surface area contributed by atoms with Crippen LogP contribution >= 0.6 is 11.8 Å². The first-order chi connectivity index (χ1) is 12.7. The molecule has 0 unspecified atom stereocenters. The van der Waals surface area contributed by atoms with Gasteiger partial charge in [-0.2, -0.15) is 0 Å². The summed E-state index contributed by atoms with van der Waals surface area (Å²) in [5, 5.41) is 3.43. The molecule has 1 amide bonds. The molecule has 0 atom stereocenters. The number of nitrogens with one attached hydrogen (secondary N) is 1. The first kappa shape index (κ1) is 16.4. The number of amidine groups is 1. The average molecular weight is 359 g/mol. The molecule has 0 spiro atoms. The number of carbonyl (C=O) groups is 1. The third-order valence-electron chi connectivity index (χ3n) is 4.04. The fraction of sp³-hybridized carbons (Fsp3) is 0.0476. The van der Waals surface area contributed by atoms with Gasteiger partial charge in [-0.3, -0.25) is 4.79 Å². The summed E-state index contributed by atoms with van der Waals surface area (Å²) < 4.78 is 2.13. The van der Waals surface area contributed by atoms with Crippen LogP contribution in [0.5, 0.6) is 0 Å². The Morgan fingerprint density at radius 2 is 1.65 bits per heavy atom. The summed E-state index contributed by atoms with van der Waals surface area (Å²) in [7, 11) is 0. The van der Waals surface area contributed by atoms with E-state index in [1.54, 1.807) is 0 Å². The summed E-state index contributed by atoms with van der Waals surface area (Å²) in [5.74, 6) is -0.122. The molecule has 1 aromatic heterocycles. The Hall–Kier alpha value is -3.05. The van der Waals surface area contributed by atoms with Gasteiger partial charge in [0, 0.05) is 17.1 Å². The number of amides is 1. The second-order valence-electron chi connectivity index (χ2n) is 5.89. The third-order valence-corrected chi connectivity index (χ3v) is 4.95. The van der Waals surface area contributed by atoms with Gasteiger partial charge in [-0.05, 0) is 61.2 Å². The second-order valence-corrected chi connectivity index (χ2v) is 6.92. The quantitative estimate of drug-likeness (QED) is 0.690. The Bertz CT molecular complexity index is 1000. The number of carbonyl (C=O) groups excluding carboxylic acids is 1. The topological polar surface area (TPSA) is 46.4 Å². The van der Waals surface area contributed by atoms with Crippen LogP contribution in [0.15, 0.2) is 82.7 Å². The van der Waals surface area contributed by atoms with Crippen LogP contribution in [0.25, 0.3) is 11.8 Å². The van der Waals surface area contributed by atoms with E-state index in [1.807, 2.05) is 60.7 Å². The largest absolute Gasteiger partial charge is 0.314 e. The van der Waals surface area contributed by atoms with Crippen LogP contribution in [0.2, 0.25) is 0 Å². The summed E-state index contributed by atoms with van der Waals surface area (Å²) in [6.07, 6.45) is 1.91. The van der Waals surface area contributed by atoms with Crippen LogP contribution in [0, 0.1) is 6.92 Å². The molecule has 1 aliphatic rings. The molecule has 3 aromatic rings. The molecule has 1 N–H and O–H groups in total. The monoisotopic (exact) mass is 359 g/mol. The van der Waals surface area contributed by atoms with Crippen LogP contribution in [0.4, 0.5) is 5.69 Å². The molecule has 2 heterocycles. The summed E-state index contributed by atoms with van der Waals surface area (Å²) in [6, 6.07) is 23.8. The molecule has 2 aromatic carbocycles. The van der Waals surface area contributed by atoms with E-state index in [1.165, 1.54) is 11.8 Å². The predicted octanol–water partition coefficient (Wildman–Crippen LogP) is 4.68. The Morgan fingerprint density at radius 1 is 0.962 bits per heavy atom. The van der Waals surface area contributed by atoms with E-state index >= 15 is 0 Å². The number of hydrogen-bond acceptors (Lipinski definition) is 3. The number of aryl methyl sites for hydroxylation is 1. The molecular weight excluding hydrogens is 342 g/mol.